The van der Waals surface area contributed by atoms with Gasteiger partial charge in [0.25, 0.3) is 0 Å². The zero-order valence-corrected chi connectivity index (χ0v) is 11.1. The molecule has 0 aliphatic carbocycles. The molecule has 1 heterocycles. The minimum atomic E-state index is -0.503. The predicted octanol–water partition coefficient (Wildman–Crippen LogP) is 0.790. The summed E-state index contributed by atoms with van der Waals surface area (Å²) in [5.41, 5.74) is 0.570. The van der Waals surface area contributed by atoms with Crippen LogP contribution in [0.5, 0.6) is 0 Å². The van der Waals surface area contributed by atoms with E-state index in [0.717, 1.165) is 0 Å². The second kappa shape index (κ2) is 7.17. The maximum Gasteiger partial charge on any atom is 0.226 e. The van der Waals surface area contributed by atoms with Gasteiger partial charge >= 0.3 is 0 Å². The van der Waals surface area contributed by atoms with Crippen molar-refractivity contribution < 1.29 is 14.3 Å². The molecule has 21 heavy (non-hydrogen) atoms. The average molecular weight is 288 g/mol. The van der Waals surface area contributed by atoms with Gasteiger partial charge in [0.15, 0.2) is 0 Å². The maximum atomic E-state index is 13.4. The van der Waals surface area contributed by atoms with Crippen molar-refractivity contribution in [2.45, 2.75) is 13.0 Å². The number of aromatic nitrogens is 3. The minimum Gasteiger partial charge on any atom is -0.384 e. The Morgan fingerprint density at radius 2 is 2.33 bits per heavy atom. The van der Waals surface area contributed by atoms with E-state index in [0.29, 0.717) is 12.2 Å². The second-order valence-corrected chi connectivity index (χ2v) is 4.12. The molecule has 0 aliphatic rings. The quantitative estimate of drug-likeness (QED) is 0.815. The van der Waals surface area contributed by atoms with Crippen molar-refractivity contribution in [2.75, 3.05) is 11.9 Å². The van der Waals surface area contributed by atoms with E-state index in [1.54, 1.807) is 10.9 Å². The number of hydrogen-bond donors (Lipinski definition) is 2. The van der Waals surface area contributed by atoms with E-state index in [9.17, 15) is 9.18 Å². The molecule has 0 fully saturated rings. The number of hydrogen-bond acceptors (Lipinski definition) is 4. The van der Waals surface area contributed by atoms with E-state index in [4.69, 9.17) is 5.11 Å². The van der Waals surface area contributed by atoms with Crippen molar-refractivity contribution in [3.8, 4) is 11.8 Å². The van der Waals surface area contributed by atoms with Gasteiger partial charge in [-0.25, -0.2) is 4.39 Å². The van der Waals surface area contributed by atoms with Crippen molar-refractivity contribution in [1.29, 1.82) is 0 Å². The highest BCUT2D eigenvalue weighted by atomic mass is 19.1. The van der Waals surface area contributed by atoms with Crippen LogP contribution in [0.1, 0.15) is 12.0 Å². The Labute approximate surface area is 120 Å². The van der Waals surface area contributed by atoms with Gasteiger partial charge < -0.3 is 10.4 Å². The summed E-state index contributed by atoms with van der Waals surface area (Å²) in [6.07, 6.45) is 3.41. The standard InChI is InChI=1S/C14H13FN4O2/c15-13-4-3-12(10-11(13)2-1-9-20)17-14(21)5-7-19-8-6-16-18-19/h3-4,6,8,10,20H,5,7,9H2,(H,17,21). The molecule has 0 bridgehead atoms. The number of aliphatic hydroxyl groups is 1. The van der Waals surface area contributed by atoms with Crippen LogP contribution in [0.15, 0.2) is 30.6 Å². The first-order chi connectivity index (χ1) is 10.2. The van der Waals surface area contributed by atoms with E-state index in [1.807, 2.05) is 0 Å². The Kier molecular flexibility index (Phi) is 5.01. The van der Waals surface area contributed by atoms with Gasteiger partial charge in [-0.05, 0) is 18.2 Å². The monoisotopic (exact) mass is 288 g/mol. The van der Waals surface area contributed by atoms with Crippen molar-refractivity contribution >= 4 is 11.6 Å². The third-order valence-electron chi connectivity index (χ3n) is 2.59. The van der Waals surface area contributed by atoms with Crippen LogP contribution in [-0.4, -0.2) is 32.6 Å². The molecule has 6 nitrogen and oxygen atoms in total. The lowest BCUT2D eigenvalue weighted by molar-refractivity contribution is -0.116. The van der Waals surface area contributed by atoms with Crippen LogP contribution >= 0.6 is 0 Å². The van der Waals surface area contributed by atoms with Crippen LogP contribution in [0.25, 0.3) is 0 Å². The molecule has 1 aromatic carbocycles. The zero-order valence-electron chi connectivity index (χ0n) is 11.1. The highest BCUT2D eigenvalue weighted by Gasteiger charge is 2.06. The Morgan fingerprint density at radius 3 is 3.05 bits per heavy atom. The molecule has 1 amide bonds. The smallest absolute Gasteiger partial charge is 0.226 e. The number of rotatable bonds is 4. The summed E-state index contributed by atoms with van der Waals surface area (Å²) in [5, 5.41) is 18.7. The van der Waals surface area contributed by atoms with Crippen LogP contribution in [0.4, 0.5) is 10.1 Å². The number of carbonyl (C=O) groups is 1. The van der Waals surface area contributed by atoms with E-state index < -0.39 is 5.82 Å². The molecular formula is C14H13FN4O2. The number of aliphatic hydroxyl groups excluding tert-OH is 1. The van der Waals surface area contributed by atoms with Gasteiger partial charge in [0.05, 0.1) is 18.3 Å². The van der Waals surface area contributed by atoms with Gasteiger partial charge in [0.1, 0.15) is 12.4 Å². The molecule has 0 radical (unpaired) electrons. The molecule has 108 valence electrons. The Morgan fingerprint density at radius 1 is 1.48 bits per heavy atom. The summed E-state index contributed by atoms with van der Waals surface area (Å²) >= 11 is 0. The molecule has 2 N–H and O–H groups in total. The van der Waals surface area contributed by atoms with Crippen molar-refractivity contribution in [1.82, 2.24) is 15.0 Å². The molecule has 0 unspecified atom stereocenters. The number of amides is 1. The van der Waals surface area contributed by atoms with Crippen LogP contribution in [0.2, 0.25) is 0 Å². The van der Waals surface area contributed by atoms with Crippen LogP contribution < -0.4 is 5.32 Å². The first-order valence-corrected chi connectivity index (χ1v) is 6.22. The van der Waals surface area contributed by atoms with Crippen LogP contribution in [-0.2, 0) is 11.3 Å². The Bertz CT molecular complexity index is 674. The fourth-order valence-corrected chi connectivity index (χ4v) is 1.63. The topological polar surface area (TPSA) is 80.0 Å². The highest BCUT2D eigenvalue weighted by Crippen LogP contribution is 2.14. The van der Waals surface area contributed by atoms with Crippen LogP contribution in [0.3, 0.4) is 0 Å². The number of nitrogens with one attached hydrogen (secondary N) is 1. The first kappa shape index (κ1) is 14.7. The second-order valence-electron chi connectivity index (χ2n) is 4.12. The summed E-state index contributed by atoms with van der Waals surface area (Å²) in [6, 6.07) is 4.09. The molecule has 7 heteroatoms. The lowest BCUT2D eigenvalue weighted by atomic mass is 10.2. The van der Waals surface area contributed by atoms with Crippen LogP contribution in [0, 0.1) is 17.7 Å². The number of carbonyl (C=O) groups excluding carboxylic acids is 1. The number of nitrogens with zero attached hydrogens (tertiary/aromatic N) is 3. The largest absolute Gasteiger partial charge is 0.384 e. The molecule has 2 rings (SSSR count). The molecule has 0 saturated carbocycles. The third-order valence-corrected chi connectivity index (χ3v) is 2.59. The molecular weight excluding hydrogens is 275 g/mol. The summed E-state index contributed by atoms with van der Waals surface area (Å²) in [5.74, 6) is 4.12. The fourth-order valence-electron chi connectivity index (χ4n) is 1.63. The molecule has 0 aliphatic heterocycles. The van der Waals surface area contributed by atoms with Crippen molar-refractivity contribution in [2.24, 2.45) is 0 Å². The van der Waals surface area contributed by atoms with Gasteiger partial charge in [-0.3, -0.25) is 9.48 Å². The van der Waals surface area contributed by atoms with E-state index >= 15 is 0 Å². The van der Waals surface area contributed by atoms with Gasteiger partial charge in [0.2, 0.25) is 5.91 Å². The lowest BCUT2D eigenvalue weighted by Crippen LogP contribution is -2.15. The Hall–Kier alpha value is -2.72. The fraction of sp³-hybridized carbons (Fsp3) is 0.214. The van der Waals surface area contributed by atoms with Gasteiger partial charge in [-0.2, -0.15) is 0 Å². The van der Waals surface area contributed by atoms with Gasteiger partial charge in [-0.15, -0.1) is 5.10 Å². The predicted molar refractivity (Wildman–Crippen MR) is 73.6 cm³/mol. The average Bonchev–Trinajstić information content (AvgIpc) is 2.99. The summed E-state index contributed by atoms with van der Waals surface area (Å²) in [7, 11) is 0. The summed E-state index contributed by atoms with van der Waals surface area (Å²) in [4.78, 5) is 11.8. The zero-order chi connectivity index (χ0) is 15.1. The number of aryl methyl sites for hydroxylation is 1. The molecule has 0 spiro atoms. The molecule has 1 aromatic heterocycles. The summed E-state index contributed by atoms with van der Waals surface area (Å²) in [6.45, 7) is 0.0537. The Balaban J connectivity index is 1.97. The van der Waals surface area contributed by atoms with Gasteiger partial charge in [0, 0.05) is 18.3 Å². The number of anilines is 1. The maximum absolute atomic E-state index is 13.4. The molecule has 0 atom stereocenters. The normalized spacial score (nSPS) is 9.81. The number of halogens is 1. The van der Waals surface area contributed by atoms with Gasteiger partial charge in [-0.1, -0.05) is 17.1 Å². The SMILES string of the molecule is O=C(CCn1ccnn1)Nc1ccc(F)c(C#CCO)c1. The third kappa shape index (κ3) is 4.40. The van der Waals surface area contributed by atoms with Crippen molar-refractivity contribution in [3.05, 3.63) is 42.0 Å². The van der Waals surface area contributed by atoms with E-state index in [1.165, 1.54) is 24.4 Å². The van der Waals surface area contributed by atoms with E-state index in [2.05, 4.69) is 27.5 Å². The molecule has 2 aromatic rings. The highest BCUT2D eigenvalue weighted by molar-refractivity contribution is 5.90. The van der Waals surface area contributed by atoms with Crippen molar-refractivity contribution in [3.63, 3.8) is 0 Å². The van der Waals surface area contributed by atoms with E-state index in [-0.39, 0.29) is 24.5 Å². The minimum absolute atomic E-state index is 0.123. The summed E-state index contributed by atoms with van der Waals surface area (Å²) < 4.78 is 15.0. The number of benzene rings is 1. The molecule has 0 saturated heterocycles. The lowest BCUT2D eigenvalue weighted by Gasteiger charge is -2.06. The first-order valence-electron chi connectivity index (χ1n) is 6.22.